The molecule has 18 heteroatoms. The number of nitrogens with zero attached hydrogens (tertiary/aromatic N) is 6. The van der Waals surface area contributed by atoms with Gasteiger partial charge in [-0.3, -0.25) is 4.55 Å². The van der Waals surface area contributed by atoms with E-state index in [2.05, 4.69) is 42.6 Å². The first kappa shape index (κ1) is 40.9. The van der Waals surface area contributed by atoms with Gasteiger partial charge in [-0.25, -0.2) is 19.2 Å². The lowest BCUT2D eigenvalue weighted by Crippen LogP contribution is -2.45. The summed E-state index contributed by atoms with van der Waals surface area (Å²) in [7, 11) is 0.0128. The highest BCUT2D eigenvalue weighted by atomic mass is 32.2. The van der Waals surface area contributed by atoms with Crippen LogP contribution in [-0.2, 0) is 23.0 Å². The third kappa shape index (κ3) is 10.7. The Labute approximate surface area is 333 Å². The third-order valence-electron chi connectivity index (χ3n) is 9.27. The molecule has 56 heavy (non-hydrogen) atoms. The molecule has 0 spiro atoms. The number of hydrogen-bond donors (Lipinski definition) is 4. The molecule has 2 aromatic carbocycles. The van der Waals surface area contributed by atoms with Gasteiger partial charge in [0.25, 0.3) is 10.1 Å². The van der Waals surface area contributed by atoms with Gasteiger partial charge in [0.05, 0.1) is 56.3 Å². The Balaban J connectivity index is 1.00. The lowest BCUT2D eigenvalue weighted by molar-refractivity contribution is -0.889. The number of fused-ring (bicyclic) bond motifs is 2. The minimum atomic E-state index is -3.96. The third-order valence-corrected chi connectivity index (χ3v) is 12.2. The number of rotatable bonds is 17. The van der Waals surface area contributed by atoms with Crippen LogP contribution in [0.5, 0.6) is 5.75 Å². The molecule has 0 radical (unpaired) electrons. The number of carboxylic acids is 1. The summed E-state index contributed by atoms with van der Waals surface area (Å²) in [5, 5.41) is 26.9. The maximum atomic E-state index is 14.9. The first-order valence-corrected chi connectivity index (χ1v) is 21.4. The largest absolute Gasteiger partial charge is 0.491 e. The van der Waals surface area contributed by atoms with Crippen LogP contribution in [0.15, 0.2) is 42.5 Å². The van der Waals surface area contributed by atoms with Crippen molar-refractivity contribution in [2.24, 2.45) is 0 Å². The molecule has 0 amide bonds. The maximum absolute atomic E-state index is 14.9. The lowest BCUT2D eigenvalue weighted by atomic mass is 10.0. The smallest absolute Gasteiger partial charge is 0.355 e. The van der Waals surface area contributed by atoms with Gasteiger partial charge in [0, 0.05) is 41.1 Å². The molecular formula is C38H44FN8O6S3+. The second-order valence-corrected chi connectivity index (χ2v) is 17.7. The van der Waals surface area contributed by atoms with E-state index in [-0.39, 0.29) is 23.8 Å². The molecule has 6 rings (SSSR count). The normalized spacial score (nSPS) is 13.0. The molecule has 4 heterocycles. The molecule has 5 aromatic rings. The number of hydrogen-bond acceptors (Lipinski definition) is 13. The molecule has 3 aromatic heterocycles. The second-order valence-electron chi connectivity index (χ2n) is 14.0. The molecule has 0 saturated carbocycles. The van der Waals surface area contributed by atoms with Gasteiger partial charge in [-0.1, -0.05) is 35.3 Å². The number of aryl methyl sites for hydroxylation is 1. The van der Waals surface area contributed by atoms with Crippen molar-refractivity contribution in [1.29, 1.82) is 0 Å². The van der Waals surface area contributed by atoms with Crippen LogP contribution in [0.4, 0.5) is 26.3 Å². The summed E-state index contributed by atoms with van der Waals surface area (Å²) in [4.78, 5) is 23.9. The molecule has 0 atom stereocenters. The summed E-state index contributed by atoms with van der Waals surface area (Å²) >= 11 is 2.85. The van der Waals surface area contributed by atoms with Crippen LogP contribution in [0.1, 0.15) is 51.3 Å². The van der Waals surface area contributed by atoms with Crippen molar-refractivity contribution in [3.05, 3.63) is 75.5 Å². The van der Waals surface area contributed by atoms with E-state index in [4.69, 9.17) is 9.29 Å². The highest BCUT2D eigenvalue weighted by Crippen LogP contribution is 2.39. The topological polar surface area (TPSA) is 180 Å². The number of carboxylic acid groups (broad SMARTS) is 1. The maximum Gasteiger partial charge on any atom is 0.355 e. The van der Waals surface area contributed by atoms with Gasteiger partial charge in [0.1, 0.15) is 0 Å². The molecule has 296 valence electrons. The first-order chi connectivity index (χ1) is 26.8. The van der Waals surface area contributed by atoms with Gasteiger partial charge in [-0.2, -0.15) is 8.42 Å². The summed E-state index contributed by atoms with van der Waals surface area (Å²) in [5.41, 5.74) is 3.38. The van der Waals surface area contributed by atoms with E-state index in [9.17, 15) is 22.7 Å². The number of halogens is 1. The standard InChI is InChI=1S/C38H43FN8O6S3/c1-25-27-11-7-19-46(35(27)45-44-34(25)43-37-41-29-12-4-5-13-31(29)54-37)38-42-33(36(48)49)32(55-38)14-8-22-53-30-16-15-26(24-28(30)39)10-6-17-40-18-21-47(2,3)20-9-23-56(50,51)52/h4-5,12-13,15-16,24,40H,7-9,11,14,17-23H2,1-3H3,(H2-,41,43,44,48,49,50,51,52)/p+1. The lowest BCUT2D eigenvalue weighted by Gasteiger charge is -2.29. The molecule has 4 N–H and O–H groups in total. The Morgan fingerprint density at radius 3 is 2.70 bits per heavy atom. The summed E-state index contributed by atoms with van der Waals surface area (Å²) < 4.78 is 53.0. The molecule has 14 nitrogen and oxygen atoms in total. The average Bonchev–Trinajstić information content (AvgIpc) is 3.77. The molecule has 0 unspecified atom stereocenters. The van der Waals surface area contributed by atoms with Gasteiger partial charge < -0.3 is 29.9 Å². The van der Waals surface area contributed by atoms with E-state index in [1.54, 1.807) is 17.4 Å². The Kier molecular flexibility index (Phi) is 13.1. The number of benzene rings is 2. The van der Waals surface area contributed by atoms with Crippen molar-refractivity contribution in [2.75, 3.05) is 69.4 Å². The van der Waals surface area contributed by atoms with Gasteiger partial charge in [-0.15, -0.1) is 21.5 Å². The van der Waals surface area contributed by atoms with Gasteiger partial charge >= 0.3 is 5.97 Å². The number of para-hydroxylation sites is 1. The number of quaternary nitrogens is 1. The van der Waals surface area contributed by atoms with Gasteiger partial charge in [0.2, 0.25) is 0 Å². The first-order valence-electron chi connectivity index (χ1n) is 18.1. The Morgan fingerprint density at radius 1 is 1.11 bits per heavy atom. The number of anilines is 4. The fourth-order valence-electron chi connectivity index (χ4n) is 6.28. The van der Waals surface area contributed by atoms with Crippen molar-refractivity contribution in [3.8, 4) is 17.6 Å². The fourth-order valence-corrected chi connectivity index (χ4v) is 8.76. The van der Waals surface area contributed by atoms with Crippen LogP contribution < -0.4 is 20.3 Å². The van der Waals surface area contributed by atoms with E-state index in [0.717, 1.165) is 45.9 Å². The number of aromatic carboxylic acids is 1. The zero-order valence-electron chi connectivity index (χ0n) is 31.3. The zero-order chi connectivity index (χ0) is 39.9. The monoisotopic (exact) mass is 823 g/mol. The van der Waals surface area contributed by atoms with E-state index >= 15 is 0 Å². The quantitative estimate of drug-likeness (QED) is 0.0382. The van der Waals surface area contributed by atoms with E-state index in [0.29, 0.717) is 77.1 Å². The molecule has 0 saturated heterocycles. The van der Waals surface area contributed by atoms with Crippen molar-refractivity contribution in [1.82, 2.24) is 25.5 Å². The molecule has 0 bridgehead atoms. The fraction of sp³-hybridized carbons (Fsp3) is 0.395. The predicted molar refractivity (Wildman–Crippen MR) is 217 cm³/mol. The SMILES string of the molecule is Cc1c(Nc2nc3ccccc3s2)nnc2c1CCCN2c1nc(C(=O)O)c(CCCOc2ccc(C#CCNCC[N+](C)(C)CCCS(=O)(=O)O)cc2F)s1. The van der Waals surface area contributed by atoms with Crippen LogP contribution in [0.2, 0.25) is 0 Å². The molecule has 0 fully saturated rings. The van der Waals surface area contributed by atoms with E-state index in [1.807, 2.05) is 50.2 Å². The van der Waals surface area contributed by atoms with Crippen molar-refractivity contribution >= 4 is 70.9 Å². The van der Waals surface area contributed by atoms with Crippen molar-refractivity contribution in [3.63, 3.8) is 0 Å². The second kappa shape index (κ2) is 18.0. The van der Waals surface area contributed by atoms with Gasteiger partial charge in [-0.05, 0) is 62.9 Å². The highest BCUT2D eigenvalue weighted by molar-refractivity contribution is 7.85. The van der Waals surface area contributed by atoms with Crippen molar-refractivity contribution in [2.45, 2.75) is 39.0 Å². The van der Waals surface area contributed by atoms with Crippen LogP contribution in [0.25, 0.3) is 10.2 Å². The summed E-state index contributed by atoms with van der Waals surface area (Å²) in [5.74, 6) is 5.37. The van der Waals surface area contributed by atoms with E-state index < -0.39 is 21.9 Å². The van der Waals surface area contributed by atoms with Gasteiger partial charge in [0.15, 0.2) is 39.2 Å². The minimum absolute atomic E-state index is 0.0158. The van der Waals surface area contributed by atoms with Crippen LogP contribution in [0, 0.1) is 24.6 Å². The number of thiazole rings is 2. The summed E-state index contributed by atoms with van der Waals surface area (Å²) in [6.07, 6.45) is 2.83. The summed E-state index contributed by atoms with van der Waals surface area (Å²) in [6, 6.07) is 12.5. The number of carbonyl (C=O) groups is 1. The molecule has 1 aliphatic heterocycles. The number of ether oxygens (including phenoxy) is 1. The molecular weight excluding hydrogens is 780 g/mol. The number of nitrogens with one attached hydrogen (secondary N) is 2. The average molecular weight is 824 g/mol. The summed E-state index contributed by atoms with van der Waals surface area (Å²) in [6.45, 7) is 5.18. The van der Waals surface area contributed by atoms with Crippen LogP contribution in [-0.4, -0.2) is 108 Å². The minimum Gasteiger partial charge on any atom is -0.491 e. The highest BCUT2D eigenvalue weighted by Gasteiger charge is 2.28. The Bertz CT molecular complexity index is 2340. The Hall–Kier alpha value is -4.77. The Morgan fingerprint density at radius 2 is 1.93 bits per heavy atom. The van der Waals surface area contributed by atoms with Crippen LogP contribution >= 0.6 is 22.7 Å². The van der Waals surface area contributed by atoms with E-state index in [1.165, 1.54) is 23.5 Å². The molecule has 1 aliphatic rings. The zero-order valence-corrected chi connectivity index (χ0v) is 33.8. The predicted octanol–water partition coefficient (Wildman–Crippen LogP) is 5.82. The molecule has 0 aliphatic carbocycles. The number of aromatic nitrogens is 4. The van der Waals surface area contributed by atoms with Crippen molar-refractivity contribution < 1.29 is 36.5 Å². The van der Waals surface area contributed by atoms with Crippen LogP contribution in [0.3, 0.4) is 0 Å². The number of likely N-dealkylation sites (N-methyl/N-ethyl adjacent to an activating group) is 1.